The minimum atomic E-state index is 0.0808. The molecule has 27 heavy (non-hydrogen) atoms. The van der Waals surface area contributed by atoms with E-state index < -0.39 is 0 Å². The number of carbonyl (C=O) groups is 1. The van der Waals surface area contributed by atoms with E-state index in [1.807, 2.05) is 0 Å². The molecule has 1 aliphatic rings. The van der Waals surface area contributed by atoms with E-state index >= 15 is 0 Å². The van der Waals surface area contributed by atoms with Gasteiger partial charge in [-0.3, -0.25) is 4.79 Å². The van der Waals surface area contributed by atoms with Gasteiger partial charge >= 0.3 is 0 Å². The van der Waals surface area contributed by atoms with Crippen molar-refractivity contribution in [3.8, 4) is 0 Å². The van der Waals surface area contributed by atoms with E-state index in [4.69, 9.17) is 0 Å². The molecule has 1 amide bonds. The quantitative estimate of drug-likeness (QED) is 0.527. The molecule has 0 saturated carbocycles. The Morgan fingerprint density at radius 3 is 2.74 bits per heavy atom. The Balaban J connectivity index is 1.58. The van der Waals surface area contributed by atoms with Crippen LogP contribution in [0.2, 0.25) is 0 Å². The van der Waals surface area contributed by atoms with Crippen molar-refractivity contribution in [2.24, 2.45) is 4.99 Å². The van der Waals surface area contributed by atoms with Crippen molar-refractivity contribution in [3.05, 3.63) is 51.7 Å². The van der Waals surface area contributed by atoms with E-state index in [-0.39, 0.29) is 5.91 Å². The first kappa shape index (κ1) is 19.2. The number of hydrogen-bond donors (Lipinski definition) is 3. The van der Waals surface area contributed by atoms with E-state index in [1.54, 1.807) is 11.3 Å². The van der Waals surface area contributed by atoms with Crippen LogP contribution in [0.5, 0.6) is 0 Å². The summed E-state index contributed by atoms with van der Waals surface area (Å²) in [5, 5.41) is 11.7. The normalized spacial score (nSPS) is 14.8. The zero-order valence-electron chi connectivity index (χ0n) is 15.9. The molecule has 0 bridgehead atoms. The summed E-state index contributed by atoms with van der Waals surface area (Å²) in [4.78, 5) is 19.7. The van der Waals surface area contributed by atoms with E-state index in [0.29, 0.717) is 19.6 Å². The average Bonchev–Trinajstić information content (AvgIpc) is 3.09. The molecule has 3 rings (SSSR count). The lowest BCUT2D eigenvalue weighted by Gasteiger charge is -2.28. The number of benzene rings is 1. The summed E-state index contributed by atoms with van der Waals surface area (Å²) in [5.74, 6) is 0.902. The largest absolute Gasteiger partial charge is 0.360 e. The summed E-state index contributed by atoms with van der Waals surface area (Å²) in [7, 11) is 0. The fourth-order valence-corrected chi connectivity index (χ4v) is 3.78. The second-order valence-electron chi connectivity index (χ2n) is 6.51. The topological polar surface area (TPSA) is 68.8 Å². The van der Waals surface area contributed by atoms with Gasteiger partial charge in [0.2, 0.25) is 5.91 Å². The molecule has 6 nitrogen and oxygen atoms in total. The first-order chi connectivity index (χ1) is 13.2. The lowest BCUT2D eigenvalue weighted by atomic mass is 10.2. The minimum Gasteiger partial charge on any atom is -0.360 e. The number of anilines is 1. The molecule has 1 aliphatic heterocycles. The Kier molecular flexibility index (Phi) is 6.70. The van der Waals surface area contributed by atoms with Gasteiger partial charge in [-0.2, -0.15) is 0 Å². The number of rotatable bonds is 6. The Hall–Kier alpha value is -2.54. The van der Waals surface area contributed by atoms with Gasteiger partial charge in [-0.15, -0.1) is 11.3 Å². The molecular formula is C20H27N5OS. The molecule has 7 heteroatoms. The Bertz CT molecular complexity index is 784. The highest BCUT2D eigenvalue weighted by Gasteiger charge is 2.16. The third-order valence-corrected chi connectivity index (χ3v) is 5.51. The van der Waals surface area contributed by atoms with E-state index in [0.717, 1.165) is 36.8 Å². The van der Waals surface area contributed by atoms with Gasteiger partial charge in [-0.1, -0.05) is 12.1 Å². The van der Waals surface area contributed by atoms with Crippen molar-refractivity contribution < 1.29 is 4.79 Å². The van der Waals surface area contributed by atoms with Crippen molar-refractivity contribution in [3.63, 3.8) is 0 Å². The minimum absolute atomic E-state index is 0.0808. The second-order valence-corrected chi connectivity index (χ2v) is 7.51. The number of carbonyl (C=O) groups excluding carboxylic acids is 1. The maximum absolute atomic E-state index is 11.5. The Morgan fingerprint density at radius 1 is 1.26 bits per heavy atom. The molecule has 1 saturated heterocycles. The van der Waals surface area contributed by atoms with Crippen LogP contribution in [0.1, 0.15) is 22.9 Å². The summed E-state index contributed by atoms with van der Waals surface area (Å²) >= 11 is 1.76. The van der Waals surface area contributed by atoms with E-state index in [9.17, 15) is 4.79 Å². The third kappa shape index (κ3) is 5.47. The molecule has 0 spiro atoms. The fourth-order valence-electron chi connectivity index (χ4n) is 2.93. The number of aryl methyl sites for hydroxylation is 1. The summed E-state index contributed by atoms with van der Waals surface area (Å²) in [6.07, 6.45) is 0. The summed E-state index contributed by atoms with van der Waals surface area (Å²) in [6.45, 7) is 8.39. The van der Waals surface area contributed by atoms with Gasteiger partial charge in [-0.25, -0.2) is 4.99 Å². The fraction of sp³-hybridized carbons (Fsp3) is 0.400. The highest BCUT2D eigenvalue weighted by molar-refractivity contribution is 7.10. The zero-order valence-corrected chi connectivity index (χ0v) is 16.7. The number of hydrogen-bond acceptors (Lipinski definition) is 4. The van der Waals surface area contributed by atoms with Crippen molar-refractivity contribution in [1.29, 1.82) is 0 Å². The molecule has 1 aromatic carbocycles. The molecule has 2 heterocycles. The molecule has 2 aromatic rings. The number of amides is 1. The van der Waals surface area contributed by atoms with Crippen LogP contribution in [0.4, 0.5) is 5.69 Å². The van der Waals surface area contributed by atoms with Crippen molar-refractivity contribution >= 4 is 28.9 Å². The molecular weight excluding hydrogens is 358 g/mol. The molecule has 1 fully saturated rings. The van der Waals surface area contributed by atoms with Gasteiger partial charge in [0.05, 0.1) is 19.6 Å². The maximum Gasteiger partial charge on any atom is 0.239 e. The average molecular weight is 386 g/mol. The van der Waals surface area contributed by atoms with Crippen LogP contribution in [0, 0.1) is 6.92 Å². The zero-order chi connectivity index (χ0) is 19.1. The molecule has 1 aromatic heterocycles. The highest BCUT2D eigenvalue weighted by Crippen LogP contribution is 2.17. The van der Waals surface area contributed by atoms with E-state index in [2.05, 4.69) is 75.4 Å². The predicted molar refractivity (Wildman–Crippen MR) is 112 cm³/mol. The van der Waals surface area contributed by atoms with Crippen molar-refractivity contribution in [2.45, 2.75) is 26.9 Å². The van der Waals surface area contributed by atoms with Crippen molar-refractivity contribution in [1.82, 2.24) is 16.0 Å². The van der Waals surface area contributed by atoms with E-state index in [1.165, 1.54) is 10.4 Å². The number of piperazine rings is 1. The van der Waals surface area contributed by atoms with Crippen LogP contribution < -0.4 is 20.9 Å². The molecule has 3 N–H and O–H groups in total. The predicted octanol–water partition coefficient (Wildman–Crippen LogP) is 2.25. The lowest BCUT2D eigenvalue weighted by Crippen LogP contribution is -2.47. The Morgan fingerprint density at radius 2 is 2.07 bits per heavy atom. The molecule has 144 valence electrons. The Labute approximate surface area is 164 Å². The SMILES string of the molecule is CCNC(=NCc1ccc(N2CCNC(=O)C2)cc1)NCc1sccc1C. The van der Waals surface area contributed by atoms with Gasteiger partial charge < -0.3 is 20.9 Å². The first-order valence-corrected chi connectivity index (χ1v) is 10.2. The van der Waals surface area contributed by atoms with Crippen LogP contribution in [0.15, 0.2) is 40.7 Å². The second kappa shape index (κ2) is 9.41. The number of aliphatic imine (C=N–C) groups is 1. The summed E-state index contributed by atoms with van der Waals surface area (Å²) < 4.78 is 0. The monoisotopic (exact) mass is 385 g/mol. The number of thiophene rings is 1. The number of nitrogens with one attached hydrogen (secondary N) is 3. The molecule has 0 aliphatic carbocycles. The maximum atomic E-state index is 11.5. The molecule has 0 atom stereocenters. The van der Waals surface area contributed by atoms with Crippen LogP contribution in [0.3, 0.4) is 0 Å². The van der Waals surface area contributed by atoms with Gasteiger partial charge in [0.25, 0.3) is 0 Å². The van der Waals surface area contributed by atoms with Gasteiger partial charge in [0.1, 0.15) is 0 Å². The first-order valence-electron chi connectivity index (χ1n) is 9.31. The lowest BCUT2D eigenvalue weighted by molar-refractivity contribution is -0.120. The summed E-state index contributed by atoms with van der Waals surface area (Å²) in [5.41, 5.74) is 3.53. The molecule has 0 radical (unpaired) electrons. The molecule has 0 unspecified atom stereocenters. The highest BCUT2D eigenvalue weighted by atomic mass is 32.1. The number of nitrogens with zero attached hydrogens (tertiary/aromatic N) is 2. The van der Waals surface area contributed by atoms with Crippen LogP contribution in [-0.2, 0) is 17.9 Å². The van der Waals surface area contributed by atoms with Gasteiger partial charge in [-0.05, 0) is 48.6 Å². The van der Waals surface area contributed by atoms with Crippen LogP contribution in [-0.4, -0.2) is 38.0 Å². The number of guanidine groups is 1. The van der Waals surface area contributed by atoms with Crippen molar-refractivity contribution in [2.75, 3.05) is 31.1 Å². The smallest absolute Gasteiger partial charge is 0.239 e. The van der Waals surface area contributed by atoms with Crippen LogP contribution >= 0.6 is 11.3 Å². The summed E-state index contributed by atoms with van der Waals surface area (Å²) in [6, 6.07) is 10.4. The van der Waals surface area contributed by atoms with Crippen LogP contribution in [0.25, 0.3) is 0 Å². The van der Waals surface area contributed by atoms with Gasteiger partial charge in [0.15, 0.2) is 5.96 Å². The third-order valence-electron chi connectivity index (χ3n) is 4.49. The van der Waals surface area contributed by atoms with Gasteiger partial charge in [0, 0.05) is 30.2 Å². The standard InChI is InChI=1S/C20H27N5OS/c1-3-21-20(24-13-18-15(2)8-11-27-18)23-12-16-4-6-17(7-5-16)25-10-9-22-19(26)14-25/h4-8,11H,3,9-10,12-14H2,1-2H3,(H,22,26)(H2,21,23,24).